The number of ether oxygens (including phenoxy) is 3. The minimum atomic E-state index is -4.99. The summed E-state index contributed by atoms with van der Waals surface area (Å²) in [6.07, 6.45) is -6.71. The first kappa shape index (κ1) is 85.6. The van der Waals surface area contributed by atoms with Crippen LogP contribution in [0.4, 0.5) is 45.6 Å². The van der Waals surface area contributed by atoms with Gasteiger partial charge in [0.1, 0.15) is 24.2 Å². The van der Waals surface area contributed by atoms with Gasteiger partial charge in [0.2, 0.25) is 82.1 Å². The molecule has 568 valence electrons. The fourth-order valence-corrected chi connectivity index (χ4v) is 12.9. The van der Waals surface area contributed by atoms with E-state index in [4.69, 9.17) is 15.2 Å². The number of alkyl halides is 3. The predicted octanol–water partition coefficient (Wildman–Crippen LogP) is 5.80. The third-order valence-corrected chi connectivity index (χ3v) is 18.6. The fourth-order valence-electron chi connectivity index (χ4n) is 12.9. The van der Waals surface area contributed by atoms with E-state index < -0.39 is 181 Å². The van der Waals surface area contributed by atoms with Crippen molar-refractivity contribution in [3.8, 4) is 5.75 Å². The molecule has 12 atom stereocenters. The molecule has 2 heterocycles. The van der Waals surface area contributed by atoms with Crippen molar-refractivity contribution in [1.29, 1.82) is 0 Å². The molecule has 2 saturated heterocycles. The number of likely N-dealkylation sites (tertiary alicyclic amines) is 2. The van der Waals surface area contributed by atoms with Gasteiger partial charge in [-0.1, -0.05) is 80.9 Å². The van der Waals surface area contributed by atoms with Crippen LogP contribution >= 0.6 is 0 Å². The topological polar surface area (TPSA) is 322 Å². The largest absolute Gasteiger partial charge is 0.420 e. The van der Waals surface area contributed by atoms with E-state index in [2.05, 4.69) is 42.0 Å². The fraction of sp³-hybridized carbons (Fsp3) is 0.676. The number of esters is 1. The maximum absolute atomic E-state index is 14.4. The smallest absolute Gasteiger partial charge is 0.404 e. The lowest BCUT2D eigenvalue weighted by molar-refractivity contribution is -0.197. The molecule has 9 N–H and O–H groups in total. The Hall–Kier alpha value is -7.78. The molecular formula is C68H102F8N12O13. The number of primary amides is 1. The zero-order valence-corrected chi connectivity index (χ0v) is 60.0. The first-order valence-electron chi connectivity index (χ1n) is 34.0. The number of piperidine rings is 1. The lowest BCUT2D eigenvalue weighted by atomic mass is 9.89. The van der Waals surface area contributed by atoms with E-state index in [1.807, 2.05) is 60.5 Å². The minimum Gasteiger partial charge on any atom is -0.420 e. The van der Waals surface area contributed by atoms with Crippen LogP contribution in [-0.2, 0) is 59.2 Å². The second-order valence-electron chi connectivity index (χ2n) is 27.2. The van der Waals surface area contributed by atoms with Crippen molar-refractivity contribution in [3.05, 3.63) is 58.9 Å². The number of hydrogen-bond donors (Lipinski definition) is 8. The summed E-state index contributed by atoms with van der Waals surface area (Å²) >= 11 is 0. The Morgan fingerprint density at radius 3 is 1.85 bits per heavy atom. The van der Waals surface area contributed by atoms with Gasteiger partial charge in [-0.15, -0.1) is 0 Å². The Labute approximate surface area is 584 Å². The van der Waals surface area contributed by atoms with Crippen LogP contribution in [0.15, 0.2) is 24.3 Å². The predicted molar refractivity (Wildman–Crippen MR) is 356 cm³/mol. The molecule has 2 aliphatic rings. The Morgan fingerprint density at radius 1 is 0.693 bits per heavy atom. The molecule has 10 amide bonds. The molecule has 0 radical (unpaired) electrons. The van der Waals surface area contributed by atoms with Gasteiger partial charge in [-0.05, 0) is 113 Å². The minimum absolute atomic E-state index is 0.00339. The summed E-state index contributed by atoms with van der Waals surface area (Å²) in [5, 5.41) is 18.7. The number of amides is 10. The van der Waals surface area contributed by atoms with Gasteiger partial charge in [-0.3, -0.25) is 53.0 Å². The molecule has 25 nitrogen and oxygen atoms in total. The van der Waals surface area contributed by atoms with E-state index in [9.17, 15) is 83.1 Å². The third kappa shape index (κ3) is 24.2. The molecule has 4 rings (SSSR count). The average Bonchev–Trinajstić information content (AvgIpc) is 1.05. The van der Waals surface area contributed by atoms with Crippen LogP contribution in [-0.4, -0.2) is 208 Å². The first-order chi connectivity index (χ1) is 47.3. The molecule has 0 spiro atoms. The average molecular weight is 1450 g/mol. The monoisotopic (exact) mass is 1450 g/mol. The van der Waals surface area contributed by atoms with Crippen LogP contribution in [0.25, 0.3) is 0 Å². The normalized spacial score (nSPS) is 18.5. The number of methoxy groups -OCH3 is 2. The SMILES string of the molecule is CC[C@H](C)[C@@H]([C@@H](CC(=O)N1CCC[C@H]1[C@H](OC)[C@@H](C)C(=O)NCC(=O)NCc1ccc(NC(=O)[C@H](CCCNC(N)=O)NC(=O)C(NC(=O)CCCN2CCC(C(=O)Oc3c(F)c(F)c(F)c(F)c3F)CC2C(F)(F)F)C(C)C)cc1)OC)N(C)C(=O)[C@@H](NC(=O)C(C(C)C)N(C)C)C(C)C. The Balaban J connectivity index is 1.32. The number of nitrogens with zero attached hydrogens (tertiary/aromatic N) is 4. The zero-order valence-electron chi connectivity index (χ0n) is 60.0. The number of hydrogen-bond acceptors (Lipinski definition) is 15. The Bertz CT molecular complexity index is 3130. The van der Waals surface area contributed by atoms with E-state index in [-0.39, 0.29) is 92.9 Å². The van der Waals surface area contributed by atoms with Crippen molar-refractivity contribution < 1.29 is 97.3 Å². The quantitative estimate of drug-likeness (QED) is 0.00989. The number of nitrogens with one attached hydrogen (secondary N) is 7. The number of carbonyl (C=O) groups is 10. The van der Waals surface area contributed by atoms with Gasteiger partial charge in [-0.25, -0.2) is 18.0 Å². The molecule has 0 bridgehead atoms. The van der Waals surface area contributed by atoms with Crippen LogP contribution in [0, 0.1) is 64.6 Å². The molecular weight excluding hydrogens is 1340 g/mol. The van der Waals surface area contributed by atoms with Gasteiger partial charge in [0.15, 0.2) is 0 Å². The lowest BCUT2D eigenvalue weighted by Crippen LogP contribution is -2.59. The number of urea groups is 1. The first-order valence-corrected chi connectivity index (χ1v) is 34.0. The van der Waals surface area contributed by atoms with Crippen LogP contribution in [0.3, 0.4) is 0 Å². The molecule has 2 aromatic rings. The van der Waals surface area contributed by atoms with Gasteiger partial charge in [0.05, 0.1) is 55.1 Å². The lowest BCUT2D eigenvalue weighted by Gasteiger charge is -2.41. The summed E-state index contributed by atoms with van der Waals surface area (Å²) in [5.41, 5.74) is 6.05. The summed E-state index contributed by atoms with van der Waals surface area (Å²) < 4.78 is 129. The number of nitrogens with two attached hydrogens (primary N) is 1. The molecule has 33 heteroatoms. The number of likely N-dealkylation sites (N-methyl/N-ethyl adjacent to an activating group) is 2. The molecule has 0 aliphatic carbocycles. The highest BCUT2D eigenvalue weighted by atomic mass is 19.4. The van der Waals surface area contributed by atoms with Crippen LogP contribution in [0.2, 0.25) is 0 Å². The summed E-state index contributed by atoms with van der Waals surface area (Å²) in [5.74, 6) is -23.6. The summed E-state index contributed by atoms with van der Waals surface area (Å²) in [6, 6.07) is -1.89. The number of anilines is 1. The summed E-state index contributed by atoms with van der Waals surface area (Å²) in [7, 11) is 8.24. The highest BCUT2D eigenvalue weighted by Gasteiger charge is 2.49. The van der Waals surface area contributed by atoms with Gasteiger partial charge < -0.3 is 67.0 Å². The Morgan fingerprint density at radius 2 is 1.31 bits per heavy atom. The Kier molecular flexibility index (Phi) is 33.6. The van der Waals surface area contributed by atoms with E-state index in [1.54, 1.807) is 49.8 Å². The van der Waals surface area contributed by atoms with E-state index in [0.29, 0.717) is 31.4 Å². The third-order valence-electron chi connectivity index (χ3n) is 18.6. The highest BCUT2D eigenvalue weighted by Crippen LogP contribution is 2.37. The molecule has 0 saturated carbocycles. The number of halogens is 8. The van der Waals surface area contributed by atoms with Crippen molar-refractivity contribution in [2.45, 2.75) is 194 Å². The molecule has 101 heavy (non-hydrogen) atoms. The summed E-state index contributed by atoms with van der Waals surface area (Å²) in [6.45, 7) is 15.5. The highest BCUT2D eigenvalue weighted by molar-refractivity contribution is 5.98. The van der Waals surface area contributed by atoms with Gasteiger partial charge >= 0.3 is 18.2 Å². The van der Waals surface area contributed by atoms with E-state index in [0.717, 1.165) is 4.90 Å². The number of benzene rings is 2. The van der Waals surface area contributed by atoms with E-state index in [1.165, 1.54) is 26.4 Å². The van der Waals surface area contributed by atoms with Crippen molar-refractivity contribution in [2.24, 2.45) is 41.2 Å². The van der Waals surface area contributed by atoms with Crippen LogP contribution in [0.5, 0.6) is 5.75 Å². The van der Waals surface area contributed by atoms with Crippen molar-refractivity contribution >= 4 is 64.9 Å². The molecule has 2 aromatic carbocycles. The maximum Gasteiger partial charge on any atom is 0.404 e. The zero-order chi connectivity index (χ0) is 76.1. The van der Waals surface area contributed by atoms with Gasteiger partial charge in [0.25, 0.3) is 0 Å². The van der Waals surface area contributed by atoms with E-state index >= 15 is 0 Å². The van der Waals surface area contributed by atoms with Crippen LogP contribution in [0.1, 0.15) is 132 Å². The molecule has 0 aromatic heterocycles. The standard InChI is InChI=1S/C68H102F8N12O13/c1-15-38(8)58(86(12)65(96)56(36(4)5)84-64(95)57(37(6)7)85(10)11)45(99-13)32-49(91)88-29-17-20-44(88)59(100-14)39(9)61(92)80-34-48(90)79-33-40-22-24-42(25-23-40)81-62(93)43(19-16-27-78-67(77)98)82-63(94)55(35(2)3)83-47(89)21-18-28-87-30-26-41(31-46(87)68(74,75)76)66(97)101-60-53(72)51(70)50(69)52(71)54(60)73/h22-25,35-39,41,43-46,55-59H,15-21,26-34H2,1-14H3,(H,79,90)(H,80,92)(H,81,93)(H,82,94)(H,83,89)(H,84,95)(H3,77,78,98)/t38-,39+,41?,43-,44-,45+,46?,55?,56-,57?,58-,59+/m0/s1. The molecule has 2 aliphatic heterocycles. The second-order valence-corrected chi connectivity index (χ2v) is 27.2. The van der Waals surface area contributed by atoms with Gasteiger partial charge in [-0.2, -0.15) is 22.0 Å². The van der Waals surface area contributed by atoms with Crippen LogP contribution < -0.4 is 47.7 Å². The maximum atomic E-state index is 14.4. The summed E-state index contributed by atoms with van der Waals surface area (Å²) in [4.78, 5) is 140. The number of carbonyl (C=O) groups excluding carboxylic acids is 10. The van der Waals surface area contributed by atoms with Crippen molar-refractivity contribution in [3.63, 3.8) is 0 Å². The second kappa shape index (κ2) is 39.6. The van der Waals surface area contributed by atoms with Gasteiger partial charge in [0, 0.05) is 53.0 Å². The van der Waals surface area contributed by atoms with Crippen molar-refractivity contribution in [1.82, 2.24) is 51.5 Å². The molecule has 2 fully saturated rings. The van der Waals surface area contributed by atoms with Crippen molar-refractivity contribution in [2.75, 3.05) is 73.4 Å². The molecule has 4 unspecified atom stereocenters. The number of rotatable bonds is 37.